The van der Waals surface area contributed by atoms with E-state index in [-0.39, 0.29) is 11.9 Å². The molecule has 0 bridgehead atoms. The Bertz CT molecular complexity index is 643. The summed E-state index contributed by atoms with van der Waals surface area (Å²) in [4.78, 5) is 19.1. The Kier molecular flexibility index (Phi) is 3.66. The van der Waals surface area contributed by atoms with E-state index in [1.807, 2.05) is 53.1 Å². The number of amides is 1. The summed E-state index contributed by atoms with van der Waals surface area (Å²) in [5, 5.41) is 1.55. The van der Waals surface area contributed by atoms with Crippen molar-refractivity contribution in [2.45, 2.75) is 25.1 Å². The van der Waals surface area contributed by atoms with Gasteiger partial charge in [0.15, 0.2) is 0 Å². The Morgan fingerprint density at radius 3 is 2.90 bits per heavy atom. The molecule has 3 rings (SSSR count). The maximum absolute atomic E-state index is 12.7. The SMILES string of the molecule is C[C@@H]1SCCN(C(=O)c2ccc3ccccc3n2)[C@H]1C. The predicted octanol–water partition coefficient (Wildman–Crippen LogP) is 3.20. The van der Waals surface area contributed by atoms with Crippen molar-refractivity contribution in [2.75, 3.05) is 12.3 Å². The van der Waals surface area contributed by atoms with Gasteiger partial charge >= 0.3 is 0 Å². The summed E-state index contributed by atoms with van der Waals surface area (Å²) in [6.07, 6.45) is 0. The van der Waals surface area contributed by atoms with Gasteiger partial charge in [0.05, 0.1) is 5.52 Å². The van der Waals surface area contributed by atoms with Crippen LogP contribution in [0, 0.1) is 0 Å². The van der Waals surface area contributed by atoms with Crippen LogP contribution >= 0.6 is 11.8 Å². The first kappa shape index (κ1) is 13.4. The second-order valence-corrected chi connectivity index (χ2v) is 6.69. The Balaban J connectivity index is 1.91. The van der Waals surface area contributed by atoms with Crippen molar-refractivity contribution >= 4 is 28.6 Å². The fourth-order valence-electron chi connectivity index (χ4n) is 2.55. The standard InChI is InChI=1S/C16H18N2OS/c1-11-12(2)20-10-9-18(11)16(19)15-8-7-13-5-3-4-6-14(13)17-15/h3-8,11-12H,9-10H2,1-2H3/t11-,12-/m0/s1. The monoisotopic (exact) mass is 286 g/mol. The molecule has 0 N–H and O–H groups in total. The number of carbonyl (C=O) groups excluding carboxylic acids is 1. The summed E-state index contributed by atoms with van der Waals surface area (Å²) >= 11 is 1.93. The normalized spacial score (nSPS) is 23.0. The summed E-state index contributed by atoms with van der Waals surface area (Å²) in [6.45, 7) is 5.11. The minimum absolute atomic E-state index is 0.0513. The molecule has 104 valence electrons. The molecule has 2 heterocycles. The van der Waals surface area contributed by atoms with E-state index in [1.54, 1.807) is 0 Å². The van der Waals surface area contributed by atoms with Gasteiger partial charge in [-0.3, -0.25) is 4.79 Å². The first-order chi connectivity index (χ1) is 9.66. The van der Waals surface area contributed by atoms with Crippen LogP contribution in [0.15, 0.2) is 36.4 Å². The molecule has 0 radical (unpaired) electrons. The maximum atomic E-state index is 12.7. The molecule has 2 aromatic rings. The Labute approximate surface area is 123 Å². The van der Waals surface area contributed by atoms with Gasteiger partial charge in [-0.25, -0.2) is 4.98 Å². The smallest absolute Gasteiger partial charge is 0.272 e. The molecule has 0 spiro atoms. The van der Waals surface area contributed by atoms with E-state index in [0.717, 1.165) is 23.2 Å². The number of thioether (sulfide) groups is 1. The minimum atomic E-state index is 0.0513. The van der Waals surface area contributed by atoms with E-state index in [9.17, 15) is 4.79 Å². The van der Waals surface area contributed by atoms with Gasteiger partial charge in [-0.05, 0) is 19.1 Å². The molecule has 1 aliphatic heterocycles. The first-order valence-electron chi connectivity index (χ1n) is 6.95. The number of nitrogens with zero attached hydrogens (tertiary/aromatic N) is 2. The van der Waals surface area contributed by atoms with Crippen molar-refractivity contribution in [3.05, 3.63) is 42.1 Å². The average molecular weight is 286 g/mol. The maximum Gasteiger partial charge on any atom is 0.272 e. The van der Waals surface area contributed by atoms with Crippen LogP contribution in [-0.2, 0) is 0 Å². The van der Waals surface area contributed by atoms with Gasteiger partial charge in [0.25, 0.3) is 5.91 Å². The van der Waals surface area contributed by atoms with Crippen molar-refractivity contribution in [3.8, 4) is 0 Å². The zero-order valence-electron chi connectivity index (χ0n) is 11.7. The van der Waals surface area contributed by atoms with Crippen LogP contribution in [0.2, 0.25) is 0 Å². The molecular formula is C16H18N2OS. The molecule has 1 saturated heterocycles. The van der Waals surface area contributed by atoms with Crippen molar-refractivity contribution in [1.29, 1.82) is 0 Å². The highest BCUT2D eigenvalue weighted by atomic mass is 32.2. The molecule has 20 heavy (non-hydrogen) atoms. The molecule has 1 aromatic heterocycles. The van der Waals surface area contributed by atoms with Crippen LogP contribution < -0.4 is 0 Å². The van der Waals surface area contributed by atoms with Crippen LogP contribution in [-0.4, -0.2) is 39.4 Å². The number of carbonyl (C=O) groups is 1. The molecule has 3 nitrogen and oxygen atoms in total. The van der Waals surface area contributed by atoms with Crippen LogP contribution in [0.3, 0.4) is 0 Å². The molecule has 1 fully saturated rings. The molecule has 4 heteroatoms. The largest absolute Gasteiger partial charge is 0.333 e. The van der Waals surface area contributed by atoms with Crippen LogP contribution in [0.4, 0.5) is 0 Å². The summed E-state index contributed by atoms with van der Waals surface area (Å²) < 4.78 is 0. The van der Waals surface area contributed by atoms with Gasteiger partial charge in [0, 0.05) is 29.0 Å². The highest BCUT2D eigenvalue weighted by Gasteiger charge is 2.30. The number of benzene rings is 1. The summed E-state index contributed by atoms with van der Waals surface area (Å²) in [5.74, 6) is 1.06. The number of aromatic nitrogens is 1. The zero-order valence-corrected chi connectivity index (χ0v) is 12.6. The van der Waals surface area contributed by atoms with Gasteiger partial charge < -0.3 is 4.90 Å². The van der Waals surface area contributed by atoms with Crippen LogP contribution in [0.5, 0.6) is 0 Å². The van der Waals surface area contributed by atoms with Gasteiger partial charge in [-0.15, -0.1) is 0 Å². The topological polar surface area (TPSA) is 33.2 Å². The van der Waals surface area contributed by atoms with E-state index < -0.39 is 0 Å². The quantitative estimate of drug-likeness (QED) is 0.807. The van der Waals surface area contributed by atoms with Gasteiger partial charge in [-0.2, -0.15) is 11.8 Å². The lowest BCUT2D eigenvalue weighted by molar-refractivity contribution is 0.0692. The van der Waals surface area contributed by atoms with E-state index in [2.05, 4.69) is 18.8 Å². The molecule has 1 aliphatic rings. The predicted molar refractivity (Wildman–Crippen MR) is 84.2 cm³/mol. The van der Waals surface area contributed by atoms with Gasteiger partial charge in [-0.1, -0.05) is 31.2 Å². The van der Waals surface area contributed by atoms with Crippen molar-refractivity contribution < 1.29 is 4.79 Å². The molecule has 0 saturated carbocycles. The number of fused-ring (bicyclic) bond motifs is 1. The van der Waals surface area contributed by atoms with Crippen molar-refractivity contribution in [1.82, 2.24) is 9.88 Å². The lowest BCUT2D eigenvalue weighted by Crippen LogP contribution is -2.48. The summed E-state index contributed by atoms with van der Waals surface area (Å²) in [6, 6.07) is 12.0. The van der Waals surface area contributed by atoms with Crippen LogP contribution in [0.1, 0.15) is 24.3 Å². The number of hydrogen-bond acceptors (Lipinski definition) is 3. The number of hydrogen-bond donors (Lipinski definition) is 0. The summed E-state index contributed by atoms with van der Waals surface area (Å²) in [5.41, 5.74) is 1.43. The van der Waals surface area contributed by atoms with Gasteiger partial charge in [0.2, 0.25) is 0 Å². The highest BCUT2D eigenvalue weighted by Crippen LogP contribution is 2.25. The molecular weight excluding hydrogens is 268 g/mol. The third-order valence-electron chi connectivity index (χ3n) is 3.96. The van der Waals surface area contributed by atoms with Crippen molar-refractivity contribution in [2.24, 2.45) is 0 Å². The molecule has 1 amide bonds. The molecule has 0 aliphatic carbocycles. The third-order valence-corrected chi connectivity index (χ3v) is 5.30. The lowest BCUT2D eigenvalue weighted by atomic mass is 10.1. The lowest BCUT2D eigenvalue weighted by Gasteiger charge is -2.37. The molecule has 1 aromatic carbocycles. The molecule has 2 atom stereocenters. The first-order valence-corrected chi connectivity index (χ1v) is 8.00. The van der Waals surface area contributed by atoms with Crippen LogP contribution in [0.25, 0.3) is 10.9 Å². The van der Waals surface area contributed by atoms with E-state index in [0.29, 0.717) is 10.9 Å². The zero-order chi connectivity index (χ0) is 14.1. The van der Waals surface area contributed by atoms with E-state index in [4.69, 9.17) is 0 Å². The molecule has 0 unspecified atom stereocenters. The minimum Gasteiger partial charge on any atom is -0.333 e. The number of para-hydroxylation sites is 1. The van der Waals surface area contributed by atoms with E-state index in [1.165, 1.54) is 0 Å². The fraction of sp³-hybridized carbons (Fsp3) is 0.375. The third kappa shape index (κ3) is 2.40. The Hall–Kier alpha value is -1.55. The fourth-order valence-corrected chi connectivity index (χ4v) is 3.65. The van der Waals surface area contributed by atoms with E-state index >= 15 is 0 Å². The average Bonchev–Trinajstić information content (AvgIpc) is 2.49. The Morgan fingerprint density at radius 2 is 2.05 bits per heavy atom. The highest BCUT2D eigenvalue weighted by molar-refractivity contribution is 8.00. The number of pyridine rings is 1. The Morgan fingerprint density at radius 1 is 1.25 bits per heavy atom. The second-order valence-electron chi connectivity index (χ2n) is 5.20. The van der Waals surface area contributed by atoms with Gasteiger partial charge in [0.1, 0.15) is 5.69 Å². The second kappa shape index (κ2) is 5.44. The summed E-state index contributed by atoms with van der Waals surface area (Å²) in [7, 11) is 0. The number of rotatable bonds is 1. The van der Waals surface area contributed by atoms with Crippen molar-refractivity contribution in [3.63, 3.8) is 0 Å².